The van der Waals surface area contributed by atoms with Gasteiger partial charge < -0.3 is 16.4 Å². The Labute approximate surface area is 156 Å². The summed E-state index contributed by atoms with van der Waals surface area (Å²) in [6, 6.07) is 7.40. The van der Waals surface area contributed by atoms with Gasteiger partial charge in [0, 0.05) is 23.2 Å². The summed E-state index contributed by atoms with van der Waals surface area (Å²) in [5.74, 6) is 0.470. The zero-order valence-electron chi connectivity index (χ0n) is 15.5. The summed E-state index contributed by atoms with van der Waals surface area (Å²) in [5, 5.41) is 6.14. The Kier molecular flexibility index (Phi) is 6.67. The summed E-state index contributed by atoms with van der Waals surface area (Å²) in [4.78, 5) is 25.1. The first-order valence-corrected chi connectivity index (χ1v) is 10.1. The van der Waals surface area contributed by atoms with Crippen LogP contribution in [0.15, 0.2) is 24.3 Å². The lowest BCUT2D eigenvalue weighted by Gasteiger charge is -2.31. The van der Waals surface area contributed by atoms with Gasteiger partial charge in [0.2, 0.25) is 5.91 Å². The molecule has 2 fully saturated rings. The highest BCUT2D eigenvalue weighted by Crippen LogP contribution is 2.26. The number of carbonyl (C=O) groups excluding carboxylic acids is 2. The summed E-state index contributed by atoms with van der Waals surface area (Å²) < 4.78 is 0. The van der Waals surface area contributed by atoms with E-state index in [0.29, 0.717) is 23.7 Å². The first kappa shape index (κ1) is 18.9. The van der Waals surface area contributed by atoms with E-state index in [2.05, 4.69) is 10.6 Å². The van der Waals surface area contributed by atoms with E-state index in [1.54, 1.807) is 12.1 Å². The maximum Gasteiger partial charge on any atom is 0.251 e. The zero-order valence-corrected chi connectivity index (χ0v) is 15.5. The van der Waals surface area contributed by atoms with Gasteiger partial charge in [0.15, 0.2) is 0 Å². The van der Waals surface area contributed by atoms with Gasteiger partial charge in [-0.05, 0) is 56.3 Å². The predicted molar refractivity (Wildman–Crippen MR) is 104 cm³/mol. The number of carbonyl (C=O) groups is 2. The standard InChI is InChI=1S/C21H31N3O2/c22-14-17-9-4-5-12-19(17)24-21(26)16-10-6-11-18(13-16)23-20(25)15-7-2-1-3-8-15/h6,10-11,13,15,17,19H,1-5,7-9,12,14,22H2,(H,23,25)(H,24,26). The summed E-state index contributed by atoms with van der Waals surface area (Å²) in [5.41, 5.74) is 7.15. The highest BCUT2D eigenvalue weighted by molar-refractivity contribution is 5.97. The van der Waals surface area contributed by atoms with Crippen LogP contribution in [0.5, 0.6) is 0 Å². The Morgan fingerprint density at radius 2 is 1.73 bits per heavy atom. The Balaban J connectivity index is 1.60. The van der Waals surface area contributed by atoms with E-state index >= 15 is 0 Å². The second-order valence-electron chi connectivity index (χ2n) is 7.77. The molecule has 2 aliphatic carbocycles. The van der Waals surface area contributed by atoms with Crippen LogP contribution in [-0.4, -0.2) is 24.4 Å². The molecule has 2 atom stereocenters. The fourth-order valence-electron chi connectivity index (χ4n) is 4.28. The molecule has 2 unspecified atom stereocenters. The topological polar surface area (TPSA) is 84.2 Å². The summed E-state index contributed by atoms with van der Waals surface area (Å²) in [7, 11) is 0. The second kappa shape index (κ2) is 9.17. The molecule has 3 rings (SSSR count). The molecule has 0 saturated heterocycles. The van der Waals surface area contributed by atoms with Crippen LogP contribution in [0, 0.1) is 11.8 Å². The lowest BCUT2D eigenvalue weighted by molar-refractivity contribution is -0.120. The van der Waals surface area contributed by atoms with E-state index in [-0.39, 0.29) is 23.8 Å². The van der Waals surface area contributed by atoms with Gasteiger partial charge in [-0.3, -0.25) is 9.59 Å². The van der Waals surface area contributed by atoms with Crippen molar-refractivity contribution in [3.05, 3.63) is 29.8 Å². The van der Waals surface area contributed by atoms with E-state index < -0.39 is 0 Å². The van der Waals surface area contributed by atoms with Crippen molar-refractivity contribution in [2.45, 2.75) is 63.8 Å². The largest absolute Gasteiger partial charge is 0.349 e. The third-order valence-electron chi connectivity index (χ3n) is 5.90. The minimum atomic E-state index is -0.0795. The number of amides is 2. The fraction of sp³-hybridized carbons (Fsp3) is 0.619. The molecule has 2 aliphatic rings. The number of anilines is 1. The van der Waals surface area contributed by atoms with E-state index in [4.69, 9.17) is 5.73 Å². The molecular weight excluding hydrogens is 326 g/mol. The molecule has 4 N–H and O–H groups in total. The number of benzene rings is 1. The average Bonchev–Trinajstić information content (AvgIpc) is 2.69. The zero-order chi connectivity index (χ0) is 18.4. The Hall–Kier alpha value is -1.88. The van der Waals surface area contributed by atoms with Crippen molar-refractivity contribution in [1.82, 2.24) is 5.32 Å². The van der Waals surface area contributed by atoms with Gasteiger partial charge in [-0.2, -0.15) is 0 Å². The lowest BCUT2D eigenvalue weighted by atomic mass is 9.84. The van der Waals surface area contributed by atoms with Crippen molar-refractivity contribution < 1.29 is 9.59 Å². The number of nitrogens with two attached hydrogens (primary N) is 1. The molecule has 1 aromatic rings. The predicted octanol–water partition coefficient (Wildman–Crippen LogP) is 3.45. The van der Waals surface area contributed by atoms with E-state index in [1.165, 1.54) is 12.8 Å². The van der Waals surface area contributed by atoms with Crippen LogP contribution in [0.25, 0.3) is 0 Å². The molecule has 0 radical (unpaired) electrons. The molecule has 26 heavy (non-hydrogen) atoms. The van der Waals surface area contributed by atoms with Crippen LogP contribution < -0.4 is 16.4 Å². The number of hydrogen-bond acceptors (Lipinski definition) is 3. The van der Waals surface area contributed by atoms with Gasteiger partial charge in [0.1, 0.15) is 0 Å². The van der Waals surface area contributed by atoms with Gasteiger partial charge in [-0.25, -0.2) is 0 Å². The highest BCUT2D eigenvalue weighted by Gasteiger charge is 2.26. The molecule has 0 aliphatic heterocycles. The van der Waals surface area contributed by atoms with Gasteiger partial charge in [0.05, 0.1) is 0 Å². The molecule has 2 amide bonds. The van der Waals surface area contributed by atoms with Crippen molar-refractivity contribution >= 4 is 17.5 Å². The van der Waals surface area contributed by atoms with Crippen molar-refractivity contribution in [3.8, 4) is 0 Å². The van der Waals surface area contributed by atoms with Crippen LogP contribution in [0.3, 0.4) is 0 Å². The summed E-state index contributed by atoms with van der Waals surface area (Å²) in [6.45, 7) is 0.614. The molecular formula is C21H31N3O2. The molecule has 0 heterocycles. The lowest BCUT2D eigenvalue weighted by Crippen LogP contribution is -2.44. The van der Waals surface area contributed by atoms with E-state index in [0.717, 1.165) is 44.9 Å². The van der Waals surface area contributed by atoms with Gasteiger partial charge in [-0.15, -0.1) is 0 Å². The SMILES string of the molecule is NCC1CCCCC1NC(=O)c1cccc(NC(=O)C2CCCCC2)c1. The summed E-state index contributed by atoms with van der Waals surface area (Å²) >= 11 is 0. The Morgan fingerprint density at radius 3 is 2.50 bits per heavy atom. The quantitative estimate of drug-likeness (QED) is 0.754. The van der Waals surface area contributed by atoms with E-state index in [1.807, 2.05) is 12.1 Å². The molecule has 0 bridgehead atoms. The van der Waals surface area contributed by atoms with Gasteiger partial charge >= 0.3 is 0 Å². The molecule has 5 heteroatoms. The third kappa shape index (κ3) is 4.85. The number of hydrogen-bond donors (Lipinski definition) is 3. The number of rotatable bonds is 5. The van der Waals surface area contributed by atoms with Crippen LogP contribution >= 0.6 is 0 Å². The minimum absolute atomic E-state index is 0.0795. The number of nitrogens with one attached hydrogen (secondary N) is 2. The average molecular weight is 357 g/mol. The van der Waals surface area contributed by atoms with Crippen LogP contribution in [-0.2, 0) is 4.79 Å². The van der Waals surface area contributed by atoms with Crippen LogP contribution in [0.2, 0.25) is 0 Å². The Morgan fingerprint density at radius 1 is 1.00 bits per heavy atom. The molecule has 2 saturated carbocycles. The second-order valence-corrected chi connectivity index (χ2v) is 7.77. The smallest absolute Gasteiger partial charge is 0.251 e. The van der Waals surface area contributed by atoms with Crippen molar-refractivity contribution in [2.75, 3.05) is 11.9 Å². The fourth-order valence-corrected chi connectivity index (χ4v) is 4.28. The van der Waals surface area contributed by atoms with Crippen LogP contribution in [0.1, 0.15) is 68.1 Å². The van der Waals surface area contributed by atoms with E-state index in [9.17, 15) is 9.59 Å². The first-order chi connectivity index (χ1) is 12.7. The summed E-state index contributed by atoms with van der Waals surface area (Å²) in [6.07, 6.45) is 9.82. The van der Waals surface area contributed by atoms with Gasteiger partial charge in [-0.1, -0.05) is 38.2 Å². The van der Waals surface area contributed by atoms with Crippen molar-refractivity contribution in [3.63, 3.8) is 0 Å². The maximum atomic E-state index is 12.6. The van der Waals surface area contributed by atoms with Crippen molar-refractivity contribution in [1.29, 1.82) is 0 Å². The molecule has 5 nitrogen and oxygen atoms in total. The first-order valence-electron chi connectivity index (χ1n) is 10.1. The molecule has 1 aromatic carbocycles. The molecule has 0 aromatic heterocycles. The van der Waals surface area contributed by atoms with Crippen molar-refractivity contribution in [2.24, 2.45) is 17.6 Å². The van der Waals surface area contributed by atoms with Crippen LogP contribution in [0.4, 0.5) is 5.69 Å². The monoisotopic (exact) mass is 357 g/mol. The molecule has 142 valence electrons. The highest BCUT2D eigenvalue weighted by atomic mass is 16.2. The normalized spacial score (nSPS) is 24.0. The Bertz CT molecular complexity index is 625. The molecule has 0 spiro atoms. The maximum absolute atomic E-state index is 12.6. The minimum Gasteiger partial charge on any atom is -0.349 e. The van der Waals surface area contributed by atoms with Gasteiger partial charge in [0.25, 0.3) is 5.91 Å². The third-order valence-corrected chi connectivity index (χ3v) is 5.90.